The van der Waals surface area contributed by atoms with Crippen molar-refractivity contribution in [2.24, 2.45) is 0 Å². The highest BCUT2D eigenvalue weighted by molar-refractivity contribution is 6.31. The molecule has 0 saturated heterocycles. The van der Waals surface area contributed by atoms with Crippen molar-refractivity contribution in [1.29, 1.82) is 0 Å². The van der Waals surface area contributed by atoms with Crippen LogP contribution in [0.25, 0.3) is 0 Å². The van der Waals surface area contributed by atoms with Crippen molar-refractivity contribution in [3.05, 3.63) is 11.5 Å². The summed E-state index contributed by atoms with van der Waals surface area (Å²) in [6.45, 7) is 0.836. The maximum atomic E-state index is 12.1. The van der Waals surface area contributed by atoms with Crippen molar-refractivity contribution < 1.29 is 17.9 Å². The van der Waals surface area contributed by atoms with E-state index in [4.69, 9.17) is 17.3 Å². The summed E-state index contributed by atoms with van der Waals surface area (Å²) in [6, 6.07) is 0. The summed E-state index contributed by atoms with van der Waals surface area (Å²) < 4.78 is 41.0. The number of alkyl halides is 3. The van der Waals surface area contributed by atoms with Gasteiger partial charge in [-0.05, 0) is 6.92 Å². The zero-order chi connectivity index (χ0) is 11.6. The summed E-state index contributed by atoms with van der Waals surface area (Å²) in [6.07, 6.45) is -5.49. The second-order valence-electron chi connectivity index (χ2n) is 2.68. The molecule has 1 unspecified atom stereocenters. The summed E-state index contributed by atoms with van der Waals surface area (Å²) in [5, 5.41) is -0.251. The molecule has 0 aliphatic rings. The lowest BCUT2D eigenvalue weighted by atomic mass is 10.4. The molecule has 15 heavy (non-hydrogen) atoms. The van der Waals surface area contributed by atoms with Crippen LogP contribution in [0.15, 0.2) is 6.33 Å². The second-order valence-corrected chi connectivity index (χ2v) is 3.04. The van der Waals surface area contributed by atoms with Crippen LogP contribution in [0.1, 0.15) is 6.92 Å². The van der Waals surface area contributed by atoms with E-state index in [0.29, 0.717) is 0 Å². The molecule has 0 aliphatic heterocycles. The Bertz CT molecular complexity index is 338. The Balaban J connectivity index is 2.90. The van der Waals surface area contributed by atoms with Crippen molar-refractivity contribution in [1.82, 2.24) is 9.97 Å². The Hall–Kier alpha value is -1.24. The molecule has 0 fully saturated rings. The van der Waals surface area contributed by atoms with Crippen LogP contribution in [0.3, 0.4) is 0 Å². The second kappa shape index (κ2) is 4.09. The Kier molecular flexibility index (Phi) is 3.23. The minimum Gasteiger partial charge on any atom is -0.474 e. The van der Waals surface area contributed by atoms with Gasteiger partial charge in [-0.3, -0.25) is 0 Å². The van der Waals surface area contributed by atoms with Crippen LogP contribution in [0, 0.1) is 0 Å². The average molecular weight is 242 g/mol. The van der Waals surface area contributed by atoms with E-state index in [1.165, 1.54) is 0 Å². The van der Waals surface area contributed by atoms with Crippen molar-refractivity contribution in [3.63, 3.8) is 0 Å². The van der Waals surface area contributed by atoms with Crippen LogP contribution in [0.4, 0.5) is 19.0 Å². The van der Waals surface area contributed by atoms with Crippen LogP contribution in [0.5, 0.6) is 5.75 Å². The largest absolute Gasteiger partial charge is 0.474 e. The highest BCUT2D eigenvalue weighted by atomic mass is 35.5. The van der Waals surface area contributed by atoms with Crippen LogP contribution in [0.2, 0.25) is 5.15 Å². The number of nitrogens with zero attached hydrogens (tertiary/aromatic N) is 2. The number of nitrogen functional groups attached to an aromatic ring is 1. The first kappa shape index (κ1) is 11.8. The van der Waals surface area contributed by atoms with Crippen molar-refractivity contribution in [3.8, 4) is 5.75 Å². The number of nitrogens with two attached hydrogens (primary N) is 1. The minimum atomic E-state index is -4.49. The van der Waals surface area contributed by atoms with Gasteiger partial charge in [0.25, 0.3) is 0 Å². The molecule has 0 amide bonds. The molecule has 1 heterocycles. The quantitative estimate of drug-likeness (QED) is 0.805. The molecular weight excluding hydrogens is 235 g/mol. The fourth-order valence-corrected chi connectivity index (χ4v) is 0.902. The molecule has 4 nitrogen and oxygen atoms in total. The van der Waals surface area contributed by atoms with Gasteiger partial charge in [0, 0.05) is 0 Å². The molecule has 84 valence electrons. The van der Waals surface area contributed by atoms with Gasteiger partial charge in [0.05, 0.1) is 0 Å². The lowest BCUT2D eigenvalue weighted by Crippen LogP contribution is -2.31. The number of anilines is 1. The Morgan fingerprint density at radius 3 is 2.53 bits per heavy atom. The smallest absolute Gasteiger partial charge is 0.425 e. The molecule has 0 radical (unpaired) electrons. The third kappa shape index (κ3) is 2.85. The Morgan fingerprint density at radius 2 is 2.07 bits per heavy atom. The Labute approximate surface area is 88.2 Å². The van der Waals surface area contributed by atoms with Gasteiger partial charge in [0.1, 0.15) is 6.33 Å². The van der Waals surface area contributed by atoms with E-state index in [1.807, 2.05) is 0 Å². The number of rotatable bonds is 2. The number of hydrogen-bond donors (Lipinski definition) is 1. The molecule has 0 aromatic carbocycles. The van der Waals surface area contributed by atoms with Gasteiger partial charge in [-0.15, -0.1) is 0 Å². The lowest BCUT2D eigenvalue weighted by molar-refractivity contribution is -0.189. The van der Waals surface area contributed by atoms with E-state index < -0.39 is 12.3 Å². The maximum Gasteiger partial charge on any atom is 0.425 e. The average Bonchev–Trinajstić information content (AvgIpc) is 2.09. The van der Waals surface area contributed by atoms with E-state index >= 15 is 0 Å². The third-order valence-corrected chi connectivity index (χ3v) is 1.81. The fourth-order valence-electron chi connectivity index (χ4n) is 0.717. The first-order valence-electron chi connectivity index (χ1n) is 3.81. The zero-order valence-corrected chi connectivity index (χ0v) is 8.30. The molecule has 1 aromatic heterocycles. The normalized spacial score (nSPS) is 13.7. The third-order valence-electron chi connectivity index (χ3n) is 1.54. The van der Waals surface area contributed by atoms with Gasteiger partial charge >= 0.3 is 6.18 Å². The Morgan fingerprint density at radius 1 is 1.47 bits per heavy atom. The van der Waals surface area contributed by atoms with Gasteiger partial charge in [0.15, 0.2) is 22.8 Å². The van der Waals surface area contributed by atoms with Crippen LogP contribution in [-0.2, 0) is 0 Å². The predicted molar refractivity (Wildman–Crippen MR) is 47.6 cm³/mol. The molecule has 0 bridgehead atoms. The molecule has 2 N–H and O–H groups in total. The molecule has 1 atom stereocenters. The van der Waals surface area contributed by atoms with Crippen LogP contribution >= 0.6 is 11.6 Å². The highest BCUT2D eigenvalue weighted by Gasteiger charge is 2.38. The van der Waals surface area contributed by atoms with Gasteiger partial charge < -0.3 is 10.5 Å². The monoisotopic (exact) mass is 241 g/mol. The molecule has 0 spiro atoms. The summed E-state index contributed by atoms with van der Waals surface area (Å²) in [4.78, 5) is 6.92. The van der Waals surface area contributed by atoms with E-state index in [-0.39, 0.29) is 16.7 Å². The molecule has 8 heteroatoms. The first-order valence-corrected chi connectivity index (χ1v) is 4.19. The minimum absolute atomic E-state index is 0.230. The van der Waals surface area contributed by atoms with Crippen LogP contribution < -0.4 is 10.5 Å². The van der Waals surface area contributed by atoms with Crippen molar-refractivity contribution >= 4 is 17.4 Å². The van der Waals surface area contributed by atoms with E-state index in [0.717, 1.165) is 13.3 Å². The van der Waals surface area contributed by atoms with Gasteiger partial charge in [-0.25, -0.2) is 9.97 Å². The van der Waals surface area contributed by atoms with E-state index in [1.54, 1.807) is 0 Å². The molecule has 0 aliphatic carbocycles. The van der Waals surface area contributed by atoms with Gasteiger partial charge in [-0.1, -0.05) is 11.6 Å². The maximum absolute atomic E-state index is 12.1. The summed E-state index contributed by atoms with van der Waals surface area (Å²) in [5.74, 6) is -0.588. The standard InChI is InChI=1S/C7H7ClF3N3O/c1-3(7(9,10)11)15-4-5(8)13-2-14-6(4)12/h2-3H,1H3,(H2,12,13,14). The van der Waals surface area contributed by atoms with Crippen molar-refractivity contribution in [2.45, 2.75) is 19.2 Å². The summed E-state index contributed by atoms with van der Waals surface area (Å²) in [7, 11) is 0. The zero-order valence-electron chi connectivity index (χ0n) is 7.55. The van der Waals surface area contributed by atoms with E-state index in [9.17, 15) is 13.2 Å². The number of halogens is 4. The molecule has 1 aromatic rings. The lowest BCUT2D eigenvalue weighted by Gasteiger charge is -2.18. The SMILES string of the molecule is CC(Oc1c(N)ncnc1Cl)C(F)(F)F. The van der Waals surface area contributed by atoms with Crippen LogP contribution in [-0.4, -0.2) is 22.2 Å². The predicted octanol–water partition coefficient (Wildman–Crippen LogP) is 2.04. The van der Waals surface area contributed by atoms with Crippen molar-refractivity contribution in [2.75, 3.05) is 5.73 Å². The molecular formula is C7H7ClF3N3O. The number of ether oxygens (including phenoxy) is 1. The number of hydrogen-bond acceptors (Lipinski definition) is 4. The topological polar surface area (TPSA) is 61.0 Å². The highest BCUT2D eigenvalue weighted by Crippen LogP contribution is 2.31. The first-order chi connectivity index (χ1) is 6.82. The number of aromatic nitrogens is 2. The molecule has 0 saturated carbocycles. The molecule has 1 rings (SSSR count). The summed E-state index contributed by atoms with van der Waals surface area (Å²) >= 11 is 5.50. The fraction of sp³-hybridized carbons (Fsp3) is 0.429. The van der Waals surface area contributed by atoms with E-state index in [2.05, 4.69) is 14.7 Å². The summed E-state index contributed by atoms with van der Waals surface area (Å²) in [5.41, 5.74) is 5.29. The van der Waals surface area contributed by atoms with Gasteiger partial charge in [-0.2, -0.15) is 13.2 Å². The van der Waals surface area contributed by atoms with Gasteiger partial charge in [0.2, 0.25) is 0 Å².